The Balaban J connectivity index is 1.60. The highest BCUT2D eigenvalue weighted by atomic mass is 16.7. The zero-order valence-electron chi connectivity index (χ0n) is 14.6. The number of anilines is 1. The van der Waals surface area contributed by atoms with Gasteiger partial charge in [-0.25, -0.2) is 5.43 Å². The van der Waals surface area contributed by atoms with E-state index < -0.39 is 11.8 Å². The first-order valence-electron chi connectivity index (χ1n) is 7.87. The molecule has 2 aromatic carbocycles. The second-order valence-electron chi connectivity index (χ2n) is 5.33. The second kappa shape index (κ2) is 8.09. The van der Waals surface area contributed by atoms with Crippen LogP contribution in [0.5, 0.6) is 23.0 Å². The molecule has 0 saturated heterocycles. The second-order valence-corrected chi connectivity index (χ2v) is 5.33. The average molecular weight is 371 g/mol. The van der Waals surface area contributed by atoms with Crippen molar-refractivity contribution in [2.45, 2.75) is 0 Å². The largest absolute Gasteiger partial charge is 0.497 e. The molecule has 2 aromatic rings. The van der Waals surface area contributed by atoms with Crippen LogP contribution in [0, 0.1) is 0 Å². The SMILES string of the molecule is COc1ccc(OC)c(/C=N\NC(=O)C(=O)Nc2ccc3c(c2)OCO3)c1. The number of benzene rings is 2. The van der Waals surface area contributed by atoms with E-state index in [9.17, 15) is 9.59 Å². The molecule has 0 spiro atoms. The maximum Gasteiger partial charge on any atom is 0.329 e. The molecule has 1 aliphatic rings. The molecular formula is C18H17N3O6. The molecule has 1 aliphatic heterocycles. The van der Waals surface area contributed by atoms with Crippen molar-refractivity contribution in [2.24, 2.45) is 5.10 Å². The fourth-order valence-corrected chi connectivity index (χ4v) is 2.31. The van der Waals surface area contributed by atoms with E-state index in [1.165, 1.54) is 20.4 Å². The summed E-state index contributed by atoms with van der Waals surface area (Å²) in [4.78, 5) is 23.9. The lowest BCUT2D eigenvalue weighted by molar-refractivity contribution is -0.136. The van der Waals surface area contributed by atoms with Crippen molar-refractivity contribution < 1.29 is 28.5 Å². The quantitative estimate of drug-likeness (QED) is 0.469. The predicted molar refractivity (Wildman–Crippen MR) is 96.5 cm³/mol. The fraction of sp³-hybridized carbons (Fsp3) is 0.167. The van der Waals surface area contributed by atoms with Crippen LogP contribution in [0.3, 0.4) is 0 Å². The summed E-state index contributed by atoms with van der Waals surface area (Å²) in [6.45, 7) is 0.121. The van der Waals surface area contributed by atoms with Gasteiger partial charge >= 0.3 is 11.8 Å². The Hall–Kier alpha value is -3.75. The molecule has 0 unspecified atom stereocenters. The van der Waals surface area contributed by atoms with Crippen molar-refractivity contribution >= 4 is 23.7 Å². The van der Waals surface area contributed by atoms with Gasteiger partial charge in [-0.3, -0.25) is 9.59 Å². The summed E-state index contributed by atoms with van der Waals surface area (Å²) in [5, 5.41) is 6.24. The minimum atomic E-state index is -0.925. The van der Waals surface area contributed by atoms with E-state index >= 15 is 0 Å². The molecule has 0 radical (unpaired) electrons. The summed E-state index contributed by atoms with van der Waals surface area (Å²) in [7, 11) is 3.04. The zero-order chi connectivity index (χ0) is 19.2. The van der Waals surface area contributed by atoms with Gasteiger partial charge in [-0.2, -0.15) is 5.10 Å². The molecule has 1 heterocycles. The number of hydrazone groups is 1. The van der Waals surface area contributed by atoms with Gasteiger partial charge in [0.2, 0.25) is 6.79 Å². The van der Waals surface area contributed by atoms with E-state index in [1.54, 1.807) is 36.4 Å². The Morgan fingerprint density at radius 1 is 1.04 bits per heavy atom. The first-order valence-corrected chi connectivity index (χ1v) is 7.87. The molecule has 9 nitrogen and oxygen atoms in total. The van der Waals surface area contributed by atoms with Gasteiger partial charge in [0, 0.05) is 17.3 Å². The first kappa shape index (κ1) is 18.1. The zero-order valence-corrected chi connectivity index (χ0v) is 14.6. The number of hydrogen-bond donors (Lipinski definition) is 2. The summed E-state index contributed by atoms with van der Waals surface area (Å²) < 4.78 is 20.7. The Bertz CT molecular complexity index is 897. The molecule has 0 bridgehead atoms. The molecule has 0 atom stereocenters. The van der Waals surface area contributed by atoms with Gasteiger partial charge in [0.25, 0.3) is 0 Å². The average Bonchev–Trinajstić information content (AvgIpc) is 3.15. The molecule has 0 fully saturated rings. The number of ether oxygens (including phenoxy) is 4. The third kappa shape index (κ3) is 4.27. The number of amides is 2. The molecule has 0 aliphatic carbocycles. The van der Waals surface area contributed by atoms with E-state index in [0.29, 0.717) is 34.2 Å². The van der Waals surface area contributed by atoms with Gasteiger partial charge in [-0.1, -0.05) is 0 Å². The van der Waals surface area contributed by atoms with Crippen LogP contribution < -0.4 is 29.7 Å². The minimum absolute atomic E-state index is 0.121. The molecule has 2 N–H and O–H groups in total. The summed E-state index contributed by atoms with van der Waals surface area (Å²) in [6, 6.07) is 9.92. The normalized spacial score (nSPS) is 11.9. The Morgan fingerprint density at radius 2 is 1.85 bits per heavy atom. The highest BCUT2D eigenvalue weighted by Gasteiger charge is 2.17. The van der Waals surface area contributed by atoms with Gasteiger partial charge in [0.05, 0.1) is 20.4 Å². The number of methoxy groups -OCH3 is 2. The van der Waals surface area contributed by atoms with Gasteiger partial charge in [0.1, 0.15) is 11.5 Å². The number of rotatable bonds is 5. The smallest absolute Gasteiger partial charge is 0.329 e. The van der Waals surface area contributed by atoms with Gasteiger partial charge in [-0.15, -0.1) is 0 Å². The molecule has 0 aromatic heterocycles. The van der Waals surface area contributed by atoms with Crippen LogP contribution >= 0.6 is 0 Å². The number of fused-ring (bicyclic) bond motifs is 1. The Labute approximate surface area is 154 Å². The monoisotopic (exact) mass is 371 g/mol. The highest BCUT2D eigenvalue weighted by Crippen LogP contribution is 2.34. The fourth-order valence-electron chi connectivity index (χ4n) is 2.31. The lowest BCUT2D eigenvalue weighted by atomic mass is 10.2. The third-order valence-electron chi connectivity index (χ3n) is 3.64. The summed E-state index contributed by atoms with van der Waals surface area (Å²) >= 11 is 0. The minimum Gasteiger partial charge on any atom is -0.497 e. The van der Waals surface area contributed by atoms with Crippen LogP contribution in [0.15, 0.2) is 41.5 Å². The molecule has 0 saturated carbocycles. The maximum atomic E-state index is 12.0. The van der Waals surface area contributed by atoms with Crippen LogP contribution in [0.2, 0.25) is 0 Å². The van der Waals surface area contributed by atoms with E-state index in [4.69, 9.17) is 18.9 Å². The van der Waals surface area contributed by atoms with Crippen molar-refractivity contribution in [1.82, 2.24) is 5.43 Å². The molecule has 140 valence electrons. The Kier molecular flexibility index (Phi) is 5.41. The van der Waals surface area contributed by atoms with E-state index in [0.717, 1.165) is 0 Å². The van der Waals surface area contributed by atoms with Crippen LogP contribution in [0.25, 0.3) is 0 Å². The number of hydrogen-bond acceptors (Lipinski definition) is 7. The number of nitrogens with one attached hydrogen (secondary N) is 2. The number of carbonyl (C=O) groups is 2. The van der Waals surface area contributed by atoms with Crippen molar-refractivity contribution in [3.63, 3.8) is 0 Å². The molecule has 27 heavy (non-hydrogen) atoms. The van der Waals surface area contributed by atoms with Crippen molar-refractivity contribution in [1.29, 1.82) is 0 Å². The predicted octanol–water partition coefficient (Wildman–Crippen LogP) is 1.52. The van der Waals surface area contributed by atoms with Gasteiger partial charge in [0.15, 0.2) is 11.5 Å². The summed E-state index contributed by atoms with van der Waals surface area (Å²) in [6.07, 6.45) is 1.35. The lowest BCUT2D eigenvalue weighted by Gasteiger charge is -2.07. The highest BCUT2D eigenvalue weighted by molar-refractivity contribution is 6.39. The standard InChI is InChI=1S/C18H17N3O6/c1-24-13-4-6-14(25-2)11(7-13)9-19-21-18(23)17(22)20-12-3-5-15-16(8-12)27-10-26-15/h3-9H,10H2,1-2H3,(H,20,22)(H,21,23)/b19-9-. The summed E-state index contributed by atoms with van der Waals surface area (Å²) in [5.74, 6) is 0.419. The van der Waals surface area contributed by atoms with E-state index in [1.807, 2.05) is 0 Å². The van der Waals surface area contributed by atoms with E-state index in [-0.39, 0.29) is 6.79 Å². The van der Waals surface area contributed by atoms with Gasteiger partial charge < -0.3 is 24.3 Å². The molecular weight excluding hydrogens is 354 g/mol. The van der Waals surface area contributed by atoms with Crippen LogP contribution in [0.4, 0.5) is 5.69 Å². The van der Waals surface area contributed by atoms with Crippen LogP contribution in [-0.2, 0) is 9.59 Å². The molecule has 2 amide bonds. The number of carbonyl (C=O) groups excluding carboxylic acids is 2. The van der Waals surface area contributed by atoms with Crippen molar-refractivity contribution in [3.8, 4) is 23.0 Å². The van der Waals surface area contributed by atoms with Crippen LogP contribution in [-0.4, -0.2) is 39.0 Å². The summed E-state index contributed by atoms with van der Waals surface area (Å²) in [5.41, 5.74) is 3.14. The topological polar surface area (TPSA) is 107 Å². The van der Waals surface area contributed by atoms with E-state index in [2.05, 4.69) is 15.8 Å². The maximum absolute atomic E-state index is 12.0. The molecule has 9 heteroatoms. The third-order valence-corrected chi connectivity index (χ3v) is 3.64. The molecule has 3 rings (SSSR count). The lowest BCUT2D eigenvalue weighted by Crippen LogP contribution is -2.32. The van der Waals surface area contributed by atoms with Crippen LogP contribution in [0.1, 0.15) is 5.56 Å². The van der Waals surface area contributed by atoms with Gasteiger partial charge in [-0.05, 0) is 30.3 Å². The Morgan fingerprint density at radius 3 is 2.63 bits per heavy atom. The van der Waals surface area contributed by atoms with Crippen molar-refractivity contribution in [3.05, 3.63) is 42.0 Å². The number of nitrogens with zero attached hydrogens (tertiary/aromatic N) is 1. The first-order chi connectivity index (χ1) is 13.1. The van der Waals surface area contributed by atoms with Crippen molar-refractivity contribution in [2.75, 3.05) is 26.3 Å².